The van der Waals surface area contributed by atoms with E-state index in [1.54, 1.807) is 4.79 Å². The van der Waals surface area contributed by atoms with Gasteiger partial charge in [0.15, 0.2) is 11.6 Å². The first kappa shape index (κ1) is 21.4. The average Bonchev–Trinajstić information content (AvgIpc) is 3.14. The van der Waals surface area contributed by atoms with Crippen LogP contribution < -0.4 is 16.1 Å². The zero-order valence-electron chi connectivity index (χ0n) is 15.4. The average molecular weight is 387 g/mol. The van der Waals surface area contributed by atoms with Gasteiger partial charge < -0.3 is 21.0 Å². The maximum atomic E-state index is 4.56. The largest absolute Gasteiger partial charge is 0.371 e. The number of nitrogens with zero attached hydrogens (tertiary/aromatic N) is 3. The Morgan fingerprint density at radius 3 is 2.40 bits per heavy atom. The molecule has 6 nitrogen and oxygen atoms in total. The highest BCUT2D eigenvalue weighted by Gasteiger charge is 2.26. The molecule has 0 radical (unpaired) electrons. The van der Waals surface area contributed by atoms with Gasteiger partial charge in [-0.25, -0.2) is 0 Å². The van der Waals surface area contributed by atoms with Crippen LogP contribution in [0, 0.1) is 0 Å². The number of benzene rings is 1. The quantitative estimate of drug-likeness (QED) is 0.736. The van der Waals surface area contributed by atoms with Crippen LogP contribution in [0.25, 0.3) is 11.1 Å². The number of hydrogen-bond donors (Lipinski definition) is 3. The number of fused-ring (bicyclic) bond motifs is 1. The van der Waals surface area contributed by atoms with Crippen LogP contribution in [0.2, 0.25) is 0 Å². The third kappa shape index (κ3) is 3.66. The minimum Gasteiger partial charge on any atom is -0.371 e. The van der Waals surface area contributed by atoms with Crippen molar-refractivity contribution in [3.8, 4) is 11.1 Å². The highest BCUT2D eigenvalue weighted by molar-refractivity contribution is 5.86. The summed E-state index contributed by atoms with van der Waals surface area (Å²) in [4.78, 5) is 4.07. The third-order valence-electron chi connectivity index (χ3n) is 4.67. The lowest BCUT2D eigenvalue weighted by Crippen LogP contribution is -2.17. The van der Waals surface area contributed by atoms with E-state index >= 15 is 0 Å². The molecule has 0 bridgehead atoms. The van der Waals surface area contributed by atoms with Gasteiger partial charge in [0.25, 0.3) is 0 Å². The van der Waals surface area contributed by atoms with E-state index < -0.39 is 0 Å². The van der Waals surface area contributed by atoms with Crippen molar-refractivity contribution in [1.82, 2.24) is 14.8 Å². The maximum absolute atomic E-state index is 4.56. The van der Waals surface area contributed by atoms with Crippen LogP contribution >= 0.6 is 24.8 Å². The summed E-state index contributed by atoms with van der Waals surface area (Å²) in [5.41, 5.74) is 8.27. The summed E-state index contributed by atoms with van der Waals surface area (Å²) < 4.78 is 0. The Hall–Kier alpha value is -1.63. The van der Waals surface area contributed by atoms with Crippen LogP contribution in [0.1, 0.15) is 23.6 Å². The summed E-state index contributed by atoms with van der Waals surface area (Å²) in [5.74, 6) is 1.82. The summed E-state index contributed by atoms with van der Waals surface area (Å²) in [6.45, 7) is 0. The smallest absolute Gasteiger partial charge is 0.160 e. The van der Waals surface area contributed by atoms with Gasteiger partial charge in [-0.3, -0.25) is 0 Å². The second-order valence-electron chi connectivity index (χ2n) is 6.14. The summed E-state index contributed by atoms with van der Waals surface area (Å²) in [5, 5.41) is 11.0. The van der Waals surface area contributed by atoms with Crippen LogP contribution in [-0.2, 0) is 6.42 Å². The van der Waals surface area contributed by atoms with E-state index in [9.17, 15) is 0 Å². The first-order valence-electron chi connectivity index (χ1n) is 8.06. The molecule has 140 valence electrons. The number of anilines is 2. The summed E-state index contributed by atoms with van der Waals surface area (Å²) in [6.07, 6.45) is 2.35. The molecule has 1 aromatic carbocycles. The SMILES string of the molecule is CNc1nn(NC)c(NC)c1-c1ccc2c(c1)[C@H](N(C)C)CC2.Cl.Cl. The summed E-state index contributed by atoms with van der Waals surface area (Å²) in [6, 6.07) is 7.30. The Labute approximate surface area is 162 Å². The van der Waals surface area contributed by atoms with E-state index in [2.05, 4.69) is 58.4 Å². The fourth-order valence-electron chi connectivity index (χ4n) is 3.53. The van der Waals surface area contributed by atoms with Gasteiger partial charge in [-0.15, -0.1) is 29.9 Å². The van der Waals surface area contributed by atoms with Crippen LogP contribution in [-0.4, -0.2) is 50.0 Å². The van der Waals surface area contributed by atoms with E-state index in [4.69, 9.17) is 0 Å². The molecular formula is C17H28Cl2N6. The van der Waals surface area contributed by atoms with E-state index in [0.29, 0.717) is 6.04 Å². The molecule has 0 spiro atoms. The molecule has 3 N–H and O–H groups in total. The van der Waals surface area contributed by atoms with Crippen molar-refractivity contribution in [2.75, 3.05) is 51.3 Å². The van der Waals surface area contributed by atoms with Crippen molar-refractivity contribution >= 4 is 36.4 Å². The van der Waals surface area contributed by atoms with Gasteiger partial charge >= 0.3 is 0 Å². The van der Waals surface area contributed by atoms with Gasteiger partial charge in [0.1, 0.15) is 0 Å². The Morgan fingerprint density at radius 1 is 1.12 bits per heavy atom. The predicted molar refractivity (Wildman–Crippen MR) is 111 cm³/mol. The molecule has 3 rings (SSSR count). The van der Waals surface area contributed by atoms with Gasteiger partial charge in [0.05, 0.1) is 5.56 Å². The molecule has 0 saturated carbocycles. The predicted octanol–water partition coefficient (Wildman–Crippen LogP) is 3.20. The van der Waals surface area contributed by atoms with E-state index in [0.717, 1.165) is 23.6 Å². The minimum absolute atomic E-state index is 0. The molecule has 0 saturated heterocycles. The zero-order valence-corrected chi connectivity index (χ0v) is 17.0. The van der Waals surface area contributed by atoms with Gasteiger partial charge in [-0.2, -0.15) is 4.79 Å². The van der Waals surface area contributed by atoms with Crippen molar-refractivity contribution < 1.29 is 0 Å². The monoisotopic (exact) mass is 386 g/mol. The first-order valence-corrected chi connectivity index (χ1v) is 8.06. The Kier molecular flexibility index (Phi) is 7.41. The molecule has 1 aromatic heterocycles. The first-order chi connectivity index (χ1) is 11.1. The Balaban J connectivity index is 0.00000156. The van der Waals surface area contributed by atoms with Crippen LogP contribution in [0.15, 0.2) is 18.2 Å². The van der Waals surface area contributed by atoms with Gasteiger partial charge in [0.2, 0.25) is 0 Å². The van der Waals surface area contributed by atoms with Gasteiger partial charge in [-0.1, -0.05) is 12.1 Å². The number of nitrogens with one attached hydrogen (secondary N) is 3. The van der Waals surface area contributed by atoms with Gasteiger partial charge in [-0.05, 0) is 49.7 Å². The lowest BCUT2D eigenvalue weighted by molar-refractivity contribution is 0.299. The normalized spacial score (nSPS) is 15.2. The molecule has 2 aromatic rings. The standard InChI is InChI=1S/C17H26N6.2ClH/c1-18-16-15(17(19-2)23(20-3)21-16)12-7-6-11-8-9-14(22(4)5)13(11)10-12;;/h6-7,10,14,19-20H,8-9H2,1-5H3,(H,18,21);2*1H/t14-;;/m1../s1. The molecule has 1 atom stereocenters. The molecule has 0 aliphatic heterocycles. The van der Waals surface area contributed by atoms with Crippen LogP contribution in [0.3, 0.4) is 0 Å². The lowest BCUT2D eigenvalue weighted by Gasteiger charge is -2.20. The highest BCUT2D eigenvalue weighted by atomic mass is 35.5. The number of aromatic nitrogens is 2. The molecule has 8 heteroatoms. The topological polar surface area (TPSA) is 57.2 Å². The minimum atomic E-state index is 0. The number of halogens is 2. The lowest BCUT2D eigenvalue weighted by atomic mass is 9.99. The van der Waals surface area contributed by atoms with Crippen molar-refractivity contribution in [1.29, 1.82) is 0 Å². The summed E-state index contributed by atoms with van der Waals surface area (Å²) >= 11 is 0. The van der Waals surface area contributed by atoms with E-state index in [-0.39, 0.29) is 24.8 Å². The Morgan fingerprint density at radius 2 is 1.84 bits per heavy atom. The van der Waals surface area contributed by atoms with Crippen molar-refractivity contribution in [2.45, 2.75) is 18.9 Å². The van der Waals surface area contributed by atoms with Crippen molar-refractivity contribution in [2.24, 2.45) is 0 Å². The second kappa shape index (κ2) is 8.65. The molecule has 25 heavy (non-hydrogen) atoms. The fourth-order valence-corrected chi connectivity index (χ4v) is 3.53. The Bertz CT molecular complexity index is 713. The molecule has 0 unspecified atom stereocenters. The highest BCUT2D eigenvalue weighted by Crippen LogP contribution is 2.40. The zero-order chi connectivity index (χ0) is 16.6. The third-order valence-corrected chi connectivity index (χ3v) is 4.67. The molecule has 0 amide bonds. The molecule has 1 aliphatic carbocycles. The molecule has 1 heterocycles. The van der Waals surface area contributed by atoms with Crippen LogP contribution in [0.5, 0.6) is 0 Å². The van der Waals surface area contributed by atoms with Crippen molar-refractivity contribution in [3.63, 3.8) is 0 Å². The van der Waals surface area contributed by atoms with Gasteiger partial charge in [0, 0.05) is 27.2 Å². The van der Waals surface area contributed by atoms with Crippen molar-refractivity contribution in [3.05, 3.63) is 29.3 Å². The molecule has 1 aliphatic rings. The molecule has 0 fully saturated rings. The number of aryl methyl sites for hydroxylation is 1. The van der Waals surface area contributed by atoms with E-state index in [1.807, 2.05) is 21.1 Å². The number of rotatable bonds is 5. The fraction of sp³-hybridized carbons (Fsp3) is 0.471. The molecular weight excluding hydrogens is 359 g/mol. The second-order valence-corrected chi connectivity index (χ2v) is 6.14. The van der Waals surface area contributed by atoms with E-state index in [1.165, 1.54) is 23.1 Å². The summed E-state index contributed by atoms with van der Waals surface area (Å²) in [7, 11) is 10.00. The maximum Gasteiger partial charge on any atom is 0.160 e. The number of hydrogen-bond acceptors (Lipinski definition) is 5. The van der Waals surface area contributed by atoms with Crippen LogP contribution in [0.4, 0.5) is 11.6 Å².